The summed E-state index contributed by atoms with van der Waals surface area (Å²) in [7, 11) is 0. The Kier molecular flexibility index (Phi) is 3.68. The molecule has 0 saturated carbocycles. The van der Waals surface area contributed by atoms with Gasteiger partial charge in [0, 0.05) is 0 Å². The van der Waals surface area contributed by atoms with Crippen molar-refractivity contribution in [2.75, 3.05) is 6.54 Å². The highest BCUT2D eigenvalue weighted by Crippen LogP contribution is 1.54. The normalized spacial score (nSPS) is 6.60. The van der Waals surface area contributed by atoms with Crippen molar-refractivity contribution >= 4 is 11.5 Å². The molecule has 0 unspecified atom stereocenters. The molecule has 0 rings (SSSR count). The third kappa shape index (κ3) is 3.82. The van der Waals surface area contributed by atoms with Crippen LogP contribution in [0.3, 0.4) is 0 Å². The quantitative estimate of drug-likeness (QED) is 0.459. The van der Waals surface area contributed by atoms with Gasteiger partial charge in [0.05, 0.1) is 6.54 Å². The third-order valence-corrected chi connectivity index (χ3v) is 0.545. The summed E-state index contributed by atoms with van der Waals surface area (Å²) in [6, 6.07) is 0. The van der Waals surface area contributed by atoms with Gasteiger partial charge in [0.1, 0.15) is 0 Å². The second kappa shape index (κ2) is 3.82. The maximum Gasteiger partial charge on any atom is 0.199 e. The third-order valence-electron chi connectivity index (χ3n) is 0.182. The fourth-order valence-corrected chi connectivity index (χ4v) is 0.158. The van der Waals surface area contributed by atoms with Crippen LogP contribution in [0, 0.1) is 0 Å². The maximum atomic E-state index is 9.28. The van der Waals surface area contributed by atoms with Gasteiger partial charge in [-0.15, -0.1) is 0 Å². The molecule has 0 saturated heterocycles. The van der Waals surface area contributed by atoms with Crippen molar-refractivity contribution in [3.8, 4) is 0 Å². The van der Waals surface area contributed by atoms with Gasteiger partial charge in [-0.2, -0.15) is 8.57 Å². The first-order chi connectivity index (χ1) is 2.41. The number of nitrogens with zero attached hydrogens (tertiary/aromatic N) is 1. The van der Waals surface area contributed by atoms with Crippen LogP contribution in [0.1, 0.15) is 6.92 Å². The molecule has 0 aromatic rings. The minimum Gasteiger partial charge on any atom is -0.195 e. The first-order valence-corrected chi connectivity index (χ1v) is 2.07. The standard InChI is InChI=1S/C2H5NOS/c1-2-3-5-4/h2H2,1H3. The predicted molar refractivity (Wildman–Crippen MR) is 21.1 cm³/mol. The summed E-state index contributed by atoms with van der Waals surface area (Å²) in [6.07, 6.45) is 0. The van der Waals surface area contributed by atoms with Gasteiger partial charge < -0.3 is 0 Å². The van der Waals surface area contributed by atoms with Gasteiger partial charge in [-0.3, -0.25) is 0 Å². The van der Waals surface area contributed by atoms with Gasteiger partial charge in [-0.05, 0) is 6.92 Å². The first kappa shape index (κ1) is 4.82. The molecule has 0 aliphatic rings. The minimum absolute atomic E-state index is 0.277. The van der Waals surface area contributed by atoms with E-state index in [1.807, 2.05) is 6.92 Å². The van der Waals surface area contributed by atoms with E-state index in [0.717, 1.165) is 0 Å². The van der Waals surface area contributed by atoms with Crippen LogP contribution in [-0.4, -0.2) is 10.8 Å². The second-order valence-electron chi connectivity index (χ2n) is 0.520. The molecule has 0 heterocycles. The molecule has 0 fully saturated rings. The highest BCUT2D eigenvalue weighted by atomic mass is 32.1. The van der Waals surface area contributed by atoms with Crippen molar-refractivity contribution in [1.29, 1.82) is 0 Å². The molecule has 0 radical (unpaired) electrons. The Morgan fingerprint density at radius 1 is 2.00 bits per heavy atom. The molecular weight excluding hydrogens is 86.1 g/mol. The smallest absolute Gasteiger partial charge is 0.195 e. The topological polar surface area (TPSA) is 29.4 Å². The Balaban J connectivity index is 2.93. The zero-order chi connectivity index (χ0) is 4.12. The largest absolute Gasteiger partial charge is 0.199 e. The number of hydrogen-bond acceptors (Lipinski definition) is 2. The van der Waals surface area contributed by atoms with Crippen molar-refractivity contribution < 1.29 is 4.21 Å². The van der Waals surface area contributed by atoms with E-state index in [1.165, 1.54) is 0 Å². The van der Waals surface area contributed by atoms with Crippen molar-refractivity contribution in [2.24, 2.45) is 4.36 Å². The Morgan fingerprint density at radius 2 is 2.60 bits per heavy atom. The molecule has 0 aliphatic heterocycles. The van der Waals surface area contributed by atoms with E-state index in [1.54, 1.807) is 0 Å². The van der Waals surface area contributed by atoms with Gasteiger partial charge in [0.25, 0.3) is 0 Å². The Bertz CT molecular complexity index is 56.7. The fraction of sp³-hybridized carbons (Fsp3) is 1.00. The number of hydrogen-bond donors (Lipinski definition) is 0. The lowest BCUT2D eigenvalue weighted by Crippen LogP contribution is -1.56. The van der Waals surface area contributed by atoms with Crippen molar-refractivity contribution in [3.05, 3.63) is 0 Å². The van der Waals surface area contributed by atoms with Gasteiger partial charge in [0.2, 0.25) is 0 Å². The van der Waals surface area contributed by atoms with Crippen molar-refractivity contribution in [1.82, 2.24) is 0 Å². The van der Waals surface area contributed by atoms with Crippen LogP contribution in [-0.2, 0) is 11.5 Å². The van der Waals surface area contributed by atoms with Crippen LogP contribution < -0.4 is 0 Å². The van der Waals surface area contributed by atoms with E-state index in [-0.39, 0.29) is 11.5 Å². The summed E-state index contributed by atoms with van der Waals surface area (Å²) in [5.41, 5.74) is 0. The van der Waals surface area contributed by atoms with E-state index in [0.29, 0.717) is 6.54 Å². The molecule has 0 N–H and O–H groups in total. The van der Waals surface area contributed by atoms with Gasteiger partial charge >= 0.3 is 0 Å². The lowest BCUT2D eigenvalue weighted by atomic mass is 10.8. The molecule has 0 spiro atoms. The minimum atomic E-state index is 0.277. The van der Waals surface area contributed by atoms with Gasteiger partial charge in [0.15, 0.2) is 11.5 Å². The fourth-order valence-electron chi connectivity index (χ4n) is 0.0527. The molecule has 3 heteroatoms. The predicted octanol–water partition coefficient (Wildman–Crippen LogP) is 0.403. The highest BCUT2D eigenvalue weighted by molar-refractivity contribution is 7.54. The maximum absolute atomic E-state index is 9.28. The summed E-state index contributed by atoms with van der Waals surface area (Å²) < 4.78 is 12.6. The molecular formula is C2H5NOS. The lowest BCUT2D eigenvalue weighted by molar-refractivity contribution is 0.697. The monoisotopic (exact) mass is 91.0 g/mol. The molecule has 30 valence electrons. The van der Waals surface area contributed by atoms with Gasteiger partial charge in [-0.25, -0.2) is 0 Å². The van der Waals surface area contributed by atoms with E-state index in [9.17, 15) is 4.21 Å². The molecule has 5 heavy (non-hydrogen) atoms. The average molecular weight is 91.1 g/mol. The summed E-state index contributed by atoms with van der Waals surface area (Å²) in [5, 5.41) is 0. The molecule has 0 aromatic heterocycles. The van der Waals surface area contributed by atoms with Crippen molar-refractivity contribution in [3.63, 3.8) is 0 Å². The summed E-state index contributed by atoms with van der Waals surface area (Å²) in [4.78, 5) is 0. The van der Waals surface area contributed by atoms with Crippen LogP contribution in [0.25, 0.3) is 0 Å². The van der Waals surface area contributed by atoms with Gasteiger partial charge in [-0.1, -0.05) is 0 Å². The molecule has 0 atom stereocenters. The Labute approximate surface area is 34.4 Å². The molecule has 0 amide bonds. The SMILES string of the molecule is CCN=S=O. The summed E-state index contributed by atoms with van der Waals surface area (Å²) in [5.74, 6) is 0. The average Bonchev–Trinajstić information content (AvgIpc) is 1.41. The van der Waals surface area contributed by atoms with E-state index < -0.39 is 0 Å². The Morgan fingerprint density at radius 3 is 2.60 bits per heavy atom. The van der Waals surface area contributed by atoms with Crippen LogP contribution >= 0.6 is 0 Å². The number of rotatable bonds is 1. The van der Waals surface area contributed by atoms with Crippen LogP contribution in [0.5, 0.6) is 0 Å². The zero-order valence-corrected chi connectivity index (χ0v) is 3.79. The molecule has 0 aromatic carbocycles. The second-order valence-corrected chi connectivity index (χ2v) is 0.927. The highest BCUT2D eigenvalue weighted by Gasteiger charge is 1.52. The molecule has 0 aliphatic carbocycles. The van der Waals surface area contributed by atoms with E-state index >= 15 is 0 Å². The molecule has 0 bridgehead atoms. The van der Waals surface area contributed by atoms with Crippen LogP contribution in [0.4, 0.5) is 0 Å². The summed E-state index contributed by atoms with van der Waals surface area (Å²) in [6.45, 7) is 2.44. The Hall–Kier alpha value is -0.180. The van der Waals surface area contributed by atoms with E-state index in [4.69, 9.17) is 0 Å². The van der Waals surface area contributed by atoms with Crippen LogP contribution in [0.15, 0.2) is 4.36 Å². The van der Waals surface area contributed by atoms with Crippen LogP contribution in [0.2, 0.25) is 0 Å². The summed E-state index contributed by atoms with van der Waals surface area (Å²) >= 11 is 0.277. The van der Waals surface area contributed by atoms with E-state index in [2.05, 4.69) is 4.36 Å². The molecule has 2 nitrogen and oxygen atoms in total. The first-order valence-electron chi connectivity index (χ1n) is 1.37. The zero-order valence-electron chi connectivity index (χ0n) is 2.97. The van der Waals surface area contributed by atoms with Crippen molar-refractivity contribution in [2.45, 2.75) is 6.92 Å². The lowest BCUT2D eigenvalue weighted by Gasteiger charge is -1.57.